The van der Waals surface area contributed by atoms with Gasteiger partial charge in [0.1, 0.15) is 5.52 Å². The van der Waals surface area contributed by atoms with Gasteiger partial charge in [-0.1, -0.05) is 30.3 Å². The Kier molecular flexibility index (Phi) is 4.61. The molecule has 3 rings (SSSR count). The van der Waals surface area contributed by atoms with E-state index in [0.717, 1.165) is 0 Å². The van der Waals surface area contributed by atoms with Crippen LogP contribution in [-0.4, -0.2) is 29.1 Å². The van der Waals surface area contributed by atoms with Crippen molar-refractivity contribution in [2.75, 3.05) is 7.11 Å². The van der Waals surface area contributed by atoms with Crippen LogP contribution < -0.4 is 0 Å². The molecule has 0 saturated carbocycles. The molecule has 0 saturated heterocycles. The molecule has 0 bridgehead atoms. The van der Waals surface area contributed by atoms with Crippen LogP contribution in [0.5, 0.6) is 0 Å². The van der Waals surface area contributed by atoms with Crippen molar-refractivity contribution in [2.24, 2.45) is 0 Å². The molecule has 0 atom stereocenters. The molecular formula is C19H15NO5. The Hall–Kier alpha value is -3.41. The zero-order valence-corrected chi connectivity index (χ0v) is 13.4. The highest BCUT2D eigenvalue weighted by molar-refractivity contribution is 5.98. The predicted molar refractivity (Wildman–Crippen MR) is 91.9 cm³/mol. The summed E-state index contributed by atoms with van der Waals surface area (Å²) in [5.41, 5.74) is 2.43. The second-order valence-corrected chi connectivity index (χ2v) is 5.31. The molecule has 2 aromatic carbocycles. The molecule has 126 valence electrons. The highest BCUT2D eigenvalue weighted by Crippen LogP contribution is 2.26. The number of hydrogen-bond donors (Lipinski definition) is 1. The van der Waals surface area contributed by atoms with E-state index in [-0.39, 0.29) is 12.3 Å². The molecule has 6 nitrogen and oxygen atoms in total. The Morgan fingerprint density at radius 2 is 1.88 bits per heavy atom. The number of carboxylic acids is 1. The maximum Gasteiger partial charge on any atom is 0.338 e. The van der Waals surface area contributed by atoms with Gasteiger partial charge >= 0.3 is 11.9 Å². The lowest BCUT2D eigenvalue weighted by atomic mass is 10.0. The highest BCUT2D eigenvalue weighted by Gasteiger charge is 2.16. The molecular weight excluding hydrogens is 322 g/mol. The largest absolute Gasteiger partial charge is 0.481 e. The van der Waals surface area contributed by atoms with Gasteiger partial charge in [0.15, 0.2) is 5.58 Å². The second-order valence-electron chi connectivity index (χ2n) is 5.31. The maximum absolute atomic E-state index is 11.9. The first-order chi connectivity index (χ1) is 12.1. The molecule has 0 radical (unpaired) electrons. The van der Waals surface area contributed by atoms with Crippen molar-refractivity contribution in [1.29, 1.82) is 0 Å². The summed E-state index contributed by atoms with van der Waals surface area (Å²) in [6.07, 6.45) is 1.30. The quantitative estimate of drug-likeness (QED) is 0.715. The molecule has 1 heterocycles. The van der Waals surface area contributed by atoms with E-state index in [9.17, 15) is 14.7 Å². The summed E-state index contributed by atoms with van der Waals surface area (Å²) in [6, 6.07) is 13.9. The molecule has 25 heavy (non-hydrogen) atoms. The fourth-order valence-corrected chi connectivity index (χ4v) is 2.47. The van der Waals surface area contributed by atoms with Crippen LogP contribution >= 0.6 is 0 Å². The Bertz CT molecular complexity index is 938. The van der Waals surface area contributed by atoms with Crippen LogP contribution in [0.15, 0.2) is 52.9 Å². The average molecular weight is 337 g/mol. The molecule has 6 heteroatoms. The summed E-state index contributed by atoms with van der Waals surface area (Å²) in [5.74, 6) is -1.31. The Morgan fingerprint density at radius 3 is 2.60 bits per heavy atom. The van der Waals surface area contributed by atoms with Crippen molar-refractivity contribution in [1.82, 2.24) is 4.98 Å². The minimum atomic E-state index is -1.02. The maximum atomic E-state index is 11.9. The monoisotopic (exact) mass is 337 g/mol. The van der Waals surface area contributed by atoms with Crippen molar-refractivity contribution in [3.8, 4) is 0 Å². The number of aliphatic carboxylic acids is 1. The van der Waals surface area contributed by atoms with E-state index in [1.54, 1.807) is 42.5 Å². The van der Waals surface area contributed by atoms with Crippen LogP contribution in [0.3, 0.4) is 0 Å². The molecule has 3 aromatic rings. The number of ether oxygens (including phenoxy) is 1. The number of oxazole rings is 1. The molecule has 0 aliphatic rings. The SMILES string of the molecule is COC(=O)c1ccccc1/C=C(\CC(=O)O)c1nc2ccccc2o1. The van der Waals surface area contributed by atoms with Gasteiger partial charge in [0, 0.05) is 5.57 Å². The zero-order valence-electron chi connectivity index (χ0n) is 13.4. The number of nitrogens with zero attached hydrogens (tertiary/aromatic N) is 1. The van der Waals surface area contributed by atoms with Crippen molar-refractivity contribution < 1.29 is 23.8 Å². The second kappa shape index (κ2) is 7.00. The lowest BCUT2D eigenvalue weighted by Crippen LogP contribution is -2.04. The van der Waals surface area contributed by atoms with E-state index in [0.29, 0.717) is 27.8 Å². The predicted octanol–water partition coefficient (Wildman–Crippen LogP) is 3.63. The summed E-state index contributed by atoms with van der Waals surface area (Å²) >= 11 is 0. The standard InChI is InChI=1S/C19H15NO5/c1-24-19(23)14-7-3-2-6-12(14)10-13(11-17(21)22)18-20-15-8-4-5-9-16(15)25-18/h2-10H,11H2,1H3,(H,21,22)/b13-10+. The molecule has 0 aliphatic heterocycles. The number of fused-ring (bicyclic) bond motifs is 1. The van der Waals surface area contributed by atoms with Crippen LogP contribution in [0.1, 0.15) is 28.2 Å². The van der Waals surface area contributed by atoms with Crippen LogP contribution in [0, 0.1) is 0 Å². The fraction of sp³-hybridized carbons (Fsp3) is 0.105. The summed E-state index contributed by atoms with van der Waals surface area (Å²) < 4.78 is 10.4. The first-order valence-corrected chi connectivity index (χ1v) is 7.54. The van der Waals surface area contributed by atoms with E-state index >= 15 is 0 Å². The third-order valence-electron chi connectivity index (χ3n) is 3.61. The van der Waals surface area contributed by atoms with Crippen molar-refractivity contribution in [2.45, 2.75) is 6.42 Å². The molecule has 0 aliphatic carbocycles. The van der Waals surface area contributed by atoms with Crippen molar-refractivity contribution >= 4 is 34.7 Å². The van der Waals surface area contributed by atoms with Gasteiger partial charge in [-0.15, -0.1) is 0 Å². The van der Waals surface area contributed by atoms with E-state index in [1.165, 1.54) is 7.11 Å². The normalized spacial score (nSPS) is 11.5. The van der Waals surface area contributed by atoms with Gasteiger partial charge < -0.3 is 14.3 Å². The minimum absolute atomic E-state index is 0.211. The van der Waals surface area contributed by atoms with Gasteiger partial charge in [-0.05, 0) is 29.8 Å². The van der Waals surface area contributed by atoms with Crippen LogP contribution in [0.4, 0.5) is 0 Å². The van der Waals surface area contributed by atoms with E-state index in [4.69, 9.17) is 9.15 Å². The summed E-state index contributed by atoms with van der Waals surface area (Å²) in [5, 5.41) is 9.22. The lowest BCUT2D eigenvalue weighted by molar-refractivity contribution is -0.135. The third-order valence-corrected chi connectivity index (χ3v) is 3.61. The van der Waals surface area contributed by atoms with Crippen LogP contribution in [0.25, 0.3) is 22.7 Å². The number of para-hydroxylation sites is 2. The lowest BCUT2D eigenvalue weighted by Gasteiger charge is -2.06. The Balaban J connectivity index is 2.11. The number of methoxy groups -OCH3 is 1. The van der Waals surface area contributed by atoms with Gasteiger partial charge in [-0.2, -0.15) is 0 Å². The Morgan fingerprint density at radius 1 is 1.16 bits per heavy atom. The molecule has 1 aromatic heterocycles. The number of carboxylic acid groups (broad SMARTS) is 1. The van der Waals surface area contributed by atoms with E-state index < -0.39 is 11.9 Å². The number of esters is 1. The van der Waals surface area contributed by atoms with E-state index in [1.807, 2.05) is 12.1 Å². The molecule has 1 N–H and O–H groups in total. The molecule has 0 amide bonds. The summed E-state index contributed by atoms with van der Waals surface area (Å²) in [6.45, 7) is 0. The first-order valence-electron chi connectivity index (χ1n) is 7.54. The number of carbonyl (C=O) groups excluding carboxylic acids is 1. The average Bonchev–Trinajstić information content (AvgIpc) is 3.04. The number of aromatic nitrogens is 1. The summed E-state index contributed by atoms with van der Waals surface area (Å²) in [4.78, 5) is 27.5. The smallest absolute Gasteiger partial charge is 0.338 e. The Labute approximate surface area is 143 Å². The van der Waals surface area contributed by atoms with Crippen molar-refractivity contribution in [3.05, 3.63) is 65.5 Å². The van der Waals surface area contributed by atoms with Crippen LogP contribution in [0.2, 0.25) is 0 Å². The number of hydrogen-bond acceptors (Lipinski definition) is 5. The van der Waals surface area contributed by atoms with Crippen molar-refractivity contribution in [3.63, 3.8) is 0 Å². The van der Waals surface area contributed by atoms with Crippen LogP contribution in [-0.2, 0) is 9.53 Å². The van der Waals surface area contributed by atoms with E-state index in [2.05, 4.69) is 4.98 Å². The minimum Gasteiger partial charge on any atom is -0.481 e. The van der Waals surface area contributed by atoms with Gasteiger partial charge in [0.05, 0.1) is 19.1 Å². The molecule has 0 fully saturated rings. The zero-order chi connectivity index (χ0) is 17.8. The van der Waals surface area contributed by atoms with Gasteiger partial charge in [0.2, 0.25) is 5.89 Å². The summed E-state index contributed by atoms with van der Waals surface area (Å²) in [7, 11) is 1.29. The van der Waals surface area contributed by atoms with Gasteiger partial charge in [0.25, 0.3) is 0 Å². The number of rotatable bonds is 5. The van der Waals surface area contributed by atoms with Gasteiger partial charge in [-0.25, -0.2) is 9.78 Å². The topological polar surface area (TPSA) is 89.6 Å². The number of benzene rings is 2. The molecule has 0 unspecified atom stereocenters. The number of carbonyl (C=O) groups is 2. The third kappa shape index (κ3) is 3.58. The molecule has 0 spiro atoms. The highest BCUT2D eigenvalue weighted by atomic mass is 16.5. The fourth-order valence-electron chi connectivity index (χ4n) is 2.47. The van der Waals surface area contributed by atoms with Gasteiger partial charge in [-0.3, -0.25) is 4.79 Å². The first kappa shape index (κ1) is 16.4.